The fourth-order valence-corrected chi connectivity index (χ4v) is 1.78. The quantitative estimate of drug-likeness (QED) is 0.623. The van der Waals surface area contributed by atoms with E-state index in [1.807, 2.05) is 27.7 Å². The van der Waals surface area contributed by atoms with E-state index < -0.39 is 11.4 Å². The van der Waals surface area contributed by atoms with Gasteiger partial charge in [-0.05, 0) is 49.2 Å². The highest BCUT2D eigenvalue weighted by Crippen LogP contribution is 2.19. The van der Waals surface area contributed by atoms with Gasteiger partial charge in [-0.3, -0.25) is 4.98 Å². The minimum Gasteiger partial charge on any atom is -0.591 e. The van der Waals surface area contributed by atoms with E-state index in [4.69, 9.17) is 0 Å². The third kappa shape index (κ3) is 3.57. The van der Waals surface area contributed by atoms with Crippen LogP contribution in [0, 0.1) is 6.92 Å². The van der Waals surface area contributed by atoms with E-state index in [0.717, 1.165) is 15.6 Å². The summed E-state index contributed by atoms with van der Waals surface area (Å²) in [6.07, 6.45) is 5.06. The zero-order valence-corrected chi connectivity index (χ0v) is 12.2. The first-order valence-corrected chi connectivity index (χ1v) is 6.78. The van der Waals surface area contributed by atoms with Crippen LogP contribution in [0.2, 0.25) is 0 Å². The lowest BCUT2D eigenvalue weighted by Gasteiger charge is -2.17. The summed E-state index contributed by atoms with van der Waals surface area (Å²) in [7, 11) is 0. The van der Waals surface area contributed by atoms with E-state index in [2.05, 4.69) is 25.3 Å². The molecular weight excluding hydrogens is 288 g/mol. The van der Waals surface area contributed by atoms with Gasteiger partial charge >= 0.3 is 0 Å². The van der Waals surface area contributed by atoms with Gasteiger partial charge in [-0.2, -0.15) is 0 Å². The highest BCUT2D eigenvalue weighted by molar-refractivity contribution is 9.10. The summed E-state index contributed by atoms with van der Waals surface area (Å²) in [4.78, 5) is 4.05. The lowest BCUT2D eigenvalue weighted by molar-refractivity contribution is 0.562. The van der Waals surface area contributed by atoms with Crippen molar-refractivity contribution >= 4 is 33.5 Å². The molecule has 3 nitrogen and oxygen atoms in total. The monoisotopic (exact) mass is 302 g/mol. The van der Waals surface area contributed by atoms with E-state index in [1.165, 1.54) is 0 Å². The lowest BCUT2D eigenvalue weighted by Crippen LogP contribution is -2.25. The molecule has 0 amide bonds. The van der Waals surface area contributed by atoms with Crippen molar-refractivity contribution in [3.63, 3.8) is 0 Å². The molecule has 1 rings (SSSR count). The molecule has 88 valence electrons. The topological polar surface area (TPSA) is 48.3 Å². The molecule has 0 aliphatic carbocycles. The van der Waals surface area contributed by atoms with E-state index in [1.54, 1.807) is 18.6 Å². The highest BCUT2D eigenvalue weighted by Gasteiger charge is 2.25. The van der Waals surface area contributed by atoms with Crippen LogP contribution in [0.15, 0.2) is 21.3 Å². The van der Waals surface area contributed by atoms with Crippen LogP contribution in [0.5, 0.6) is 0 Å². The van der Waals surface area contributed by atoms with Gasteiger partial charge < -0.3 is 4.55 Å². The Balaban J connectivity index is 2.89. The second kappa shape index (κ2) is 5.29. The molecule has 0 fully saturated rings. The molecular formula is C11H15BrN2OS. The van der Waals surface area contributed by atoms with Crippen molar-refractivity contribution in [1.82, 2.24) is 4.98 Å². The summed E-state index contributed by atoms with van der Waals surface area (Å²) in [5.74, 6) is 0. The Morgan fingerprint density at radius 2 is 2.06 bits per heavy atom. The zero-order valence-electron chi connectivity index (χ0n) is 9.82. The fourth-order valence-electron chi connectivity index (χ4n) is 0.907. The molecule has 0 aliphatic rings. The van der Waals surface area contributed by atoms with Crippen LogP contribution in [0.4, 0.5) is 0 Å². The maximum absolute atomic E-state index is 11.7. The molecule has 1 aromatic rings. The molecule has 0 bridgehead atoms. The average Bonchev–Trinajstić information content (AvgIpc) is 2.18. The molecule has 1 atom stereocenters. The minimum atomic E-state index is -1.23. The number of halogens is 1. The molecule has 0 spiro atoms. The maximum atomic E-state index is 11.7. The van der Waals surface area contributed by atoms with Crippen molar-refractivity contribution in [2.24, 2.45) is 4.40 Å². The van der Waals surface area contributed by atoms with Crippen LogP contribution in [0.25, 0.3) is 0 Å². The molecule has 0 N–H and O–H groups in total. The first kappa shape index (κ1) is 13.7. The van der Waals surface area contributed by atoms with Gasteiger partial charge in [-0.25, -0.2) is 0 Å². The Kier molecular flexibility index (Phi) is 4.52. The van der Waals surface area contributed by atoms with Crippen molar-refractivity contribution in [1.29, 1.82) is 0 Å². The molecule has 1 aromatic heterocycles. The molecule has 0 aliphatic heterocycles. The van der Waals surface area contributed by atoms with Crippen molar-refractivity contribution < 1.29 is 4.55 Å². The van der Waals surface area contributed by atoms with Gasteiger partial charge in [0.1, 0.15) is 16.1 Å². The van der Waals surface area contributed by atoms with Crippen molar-refractivity contribution in [3.8, 4) is 0 Å². The van der Waals surface area contributed by atoms with Gasteiger partial charge in [-0.1, -0.05) is 4.40 Å². The highest BCUT2D eigenvalue weighted by atomic mass is 79.9. The van der Waals surface area contributed by atoms with Gasteiger partial charge in [0.25, 0.3) is 0 Å². The Labute approximate surface area is 108 Å². The van der Waals surface area contributed by atoms with E-state index in [9.17, 15) is 4.55 Å². The predicted octanol–water partition coefficient (Wildman–Crippen LogP) is 3.03. The average molecular weight is 303 g/mol. The molecule has 1 unspecified atom stereocenters. The molecule has 5 heteroatoms. The smallest absolute Gasteiger partial charge is 0.144 e. The number of hydrogen-bond acceptors (Lipinski definition) is 3. The summed E-state index contributed by atoms with van der Waals surface area (Å²) in [6.45, 7) is 7.65. The van der Waals surface area contributed by atoms with Crippen molar-refractivity contribution in [3.05, 3.63) is 28.0 Å². The Morgan fingerprint density at radius 1 is 1.44 bits per heavy atom. The Bertz CT molecular complexity index is 401. The third-order valence-corrected chi connectivity index (χ3v) is 4.15. The van der Waals surface area contributed by atoms with Crippen LogP contribution in [0.3, 0.4) is 0 Å². The SMILES string of the molecule is Cc1c(Br)cncc1C=N[S+]([O-])C(C)(C)C. The van der Waals surface area contributed by atoms with Gasteiger partial charge in [-0.15, -0.1) is 0 Å². The number of nitrogens with zero attached hydrogens (tertiary/aromatic N) is 2. The van der Waals surface area contributed by atoms with Gasteiger partial charge in [0.05, 0.1) is 6.21 Å². The standard InChI is InChI=1S/C11H15BrN2OS/c1-8-9(5-13-7-10(8)12)6-14-16(15)11(2,3)4/h5-7H,1-4H3. The van der Waals surface area contributed by atoms with Gasteiger partial charge in [0.2, 0.25) is 0 Å². The van der Waals surface area contributed by atoms with Crippen LogP contribution < -0.4 is 0 Å². The fraction of sp³-hybridized carbons (Fsp3) is 0.455. The first-order chi connectivity index (χ1) is 7.32. The van der Waals surface area contributed by atoms with Crippen LogP contribution in [0.1, 0.15) is 31.9 Å². The molecule has 0 aromatic carbocycles. The van der Waals surface area contributed by atoms with Crippen LogP contribution in [-0.4, -0.2) is 20.5 Å². The Hall–Kier alpha value is -0.390. The second-order valence-corrected chi connectivity index (χ2v) is 7.22. The molecule has 0 radical (unpaired) electrons. The van der Waals surface area contributed by atoms with Crippen molar-refractivity contribution in [2.45, 2.75) is 32.4 Å². The molecule has 0 saturated carbocycles. The lowest BCUT2D eigenvalue weighted by atomic mass is 10.2. The van der Waals surface area contributed by atoms with Gasteiger partial charge in [0, 0.05) is 22.4 Å². The number of pyridine rings is 1. The zero-order chi connectivity index (χ0) is 12.3. The Morgan fingerprint density at radius 3 is 2.62 bits per heavy atom. The van der Waals surface area contributed by atoms with E-state index in [0.29, 0.717) is 0 Å². The minimum absolute atomic E-state index is 0.330. The summed E-state index contributed by atoms with van der Waals surface area (Å²) >= 11 is 2.17. The normalized spacial score (nSPS) is 14.4. The molecule has 1 heterocycles. The summed E-state index contributed by atoms with van der Waals surface area (Å²) in [5, 5.41) is 0. The maximum Gasteiger partial charge on any atom is 0.144 e. The third-order valence-electron chi connectivity index (χ3n) is 2.00. The number of aromatic nitrogens is 1. The van der Waals surface area contributed by atoms with Crippen LogP contribution in [-0.2, 0) is 11.4 Å². The number of hydrogen-bond donors (Lipinski definition) is 0. The van der Waals surface area contributed by atoms with Gasteiger partial charge in [0.15, 0.2) is 0 Å². The first-order valence-electron chi connectivity index (χ1n) is 4.88. The van der Waals surface area contributed by atoms with E-state index >= 15 is 0 Å². The summed E-state index contributed by atoms with van der Waals surface area (Å²) in [6, 6.07) is 0. The second-order valence-electron chi connectivity index (χ2n) is 4.43. The predicted molar refractivity (Wildman–Crippen MR) is 72.2 cm³/mol. The molecule has 0 saturated heterocycles. The summed E-state index contributed by atoms with van der Waals surface area (Å²) in [5.41, 5.74) is 1.93. The van der Waals surface area contributed by atoms with Crippen LogP contribution >= 0.6 is 15.9 Å². The number of rotatable bonds is 2. The van der Waals surface area contributed by atoms with E-state index in [-0.39, 0.29) is 4.75 Å². The van der Waals surface area contributed by atoms with Crippen molar-refractivity contribution in [2.75, 3.05) is 0 Å². The molecule has 16 heavy (non-hydrogen) atoms. The largest absolute Gasteiger partial charge is 0.591 e. The summed E-state index contributed by atoms with van der Waals surface area (Å²) < 4.78 is 16.4.